The fourth-order valence-corrected chi connectivity index (χ4v) is 6.40. The molecule has 0 unspecified atom stereocenters. The molecule has 43 heavy (non-hydrogen) atoms. The maximum atomic E-state index is 4.92. The molecule has 6 nitrogen and oxygen atoms in total. The van der Waals surface area contributed by atoms with E-state index in [9.17, 15) is 0 Å². The highest BCUT2D eigenvalue weighted by Crippen LogP contribution is 2.42. The molecule has 0 aliphatic heterocycles. The summed E-state index contributed by atoms with van der Waals surface area (Å²) in [6.45, 7) is 0. The van der Waals surface area contributed by atoms with E-state index in [0.717, 1.165) is 60.7 Å². The zero-order chi connectivity index (χ0) is 28.3. The Hall–Kier alpha value is -6.01. The minimum atomic E-state index is 0.675. The Labute approximate surface area is 246 Å². The van der Waals surface area contributed by atoms with E-state index in [2.05, 4.69) is 99.5 Å². The van der Waals surface area contributed by atoms with Crippen molar-refractivity contribution in [2.24, 2.45) is 0 Å². The lowest BCUT2D eigenvalue weighted by molar-refractivity contribution is 1.16. The molecular formula is C37H22N6. The van der Waals surface area contributed by atoms with Crippen molar-refractivity contribution in [3.63, 3.8) is 0 Å². The first-order chi connectivity index (χ1) is 21.3. The molecule has 0 saturated heterocycles. The van der Waals surface area contributed by atoms with Gasteiger partial charge in [0.25, 0.3) is 0 Å². The summed E-state index contributed by atoms with van der Waals surface area (Å²) < 4.78 is 2.37. The number of rotatable bonds is 3. The lowest BCUT2D eigenvalue weighted by Gasteiger charge is -2.14. The van der Waals surface area contributed by atoms with Crippen LogP contribution in [0.3, 0.4) is 0 Å². The normalized spacial score (nSPS) is 11.7. The summed E-state index contributed by atoms with van der Waals surface area (Å²) in [6.07, 6.45) is 8.93. The van der Waals surface area contributed by atoms with E-state index in [1.165, 1.54) is 16.2 Å². The second-order valence-corrected chi connectivity index (χ2v) is 10.6. The molecule has 0 aliphatic rings. The molecule has 0 N–H and O–H groups in total. The van der Waals surface area contributed by atoms with Gasteiger partial charge in [0.05, 0.1) is 27.8 Å². The minimum Gasteiger partial charge on any atom is -0.309 e. The predicted octanol–water partition coefficient (Wildman–Crippen LogP) is 8.55. The van der Waals surface area contributed by atoms with Crippen molar-refractivity contribution in [2.75, 3.05) is 0 Å². The van der Waals surface area contributed by atoms with Gasteiger partial charge < -0.3 is 4.57 Å². The Kier molecular flexibility index (Phi) is 5.10. The van der Waals surface area contributed by atoms with Crippen LogP contribution in [0.4, 0.5) is 0 Å². The van der Waals surface area contributed by atoms with Crippen LogP contribution in [0.25, 0.3) is 82.7 Å². The van der Waals surface area contributed by atoms with Gasteiger partial charge >= 0.3 is 0 Å². The molecule has 0 aliphatic carbocycles. The number of hydrogen-bond donors (Lipinski definition) is 0. The number of hydrogen-bond acceptors (Lipinski definition) is 5. The van der Waals surface area contributed by atoms with Crippen molar-refractivity contribution in [1.29, 1.82) is 0 Å². The van der Waals surface area contributed by atoms with Crippen LogP contribution < -0.4 is 0 Å². The molecule has 9 aromatic rings. The summed E-state index contributed by atoms with van der Waals surface area (Å²) >= 11 is 0. The van der Waals surface area contributed by atoms with Gasteiger partial charge in [0, 0.05) is 74.7 Å². The summed E-state index contributed by atoms with van der Waals surface area (Å²) in [5.74, 6) is 0.675. The molecule has 0 amide bonds. The fraction of sp³-hybridized carbons (Fsp3) is 0. The van der Waals surface area contributed by atoms with Crippen LogP contribution in [0, 0.1) is 0 Å². The Balaban J connectivity index is 1.37. The van der Waals surface area contributed by atoms with Crippen LogP contribution in [-0.4, -0.2) is 29.5 Å². The number of pyridine rings is 1. The van der Waals surface area contributed by atoms with Crippen LogP contribution in [0.1, 0.15) is 0 Å². The topological polar surface area (TPSA) is 69.4 Å². The van der Waals surface area contributed by atoms with Gasteiger partial charge in [0.1, 0.15) is 0 Å². The molecule has 0 fully saturated rings. The second-order valence-electron chi connectivity index (χ2n) is 10.6. The SMILES string of the molecule is c1cc(-c2nccc(-c3ccncc3)n2)cc(-n2c3ccccc3c3ccc4c5nccnc5c5ccccc5c4c32)c1. The number of para-hydroxylation sites is 1. The molecule has 6 heteroatoms. The summed E-state index contributed by atoms with van der Waals surface area (Å²) in [6, 6.07) is 35.9. The number of fused-ring (bicyclic) bond motifs is 10. The lowest BCUT2D eigenvalue weighted by Crippen LogP contribution is -1.97. The molecule has 0 bridgehead atoms. The van der Waals surface area contributed by atoms with Gasteiger partial charge in [0.2, 0.25) is 0 Å². The number of aromatic nitrogens is 6. The van der Waals surface area contributed by atoms with E-state index >= 15 is 0 Å². The Morgan fingerprint density at radius 1 is 0.488 bits per heavy atom. The molecule has 0 saturated carbocycles. The minimum absolute atomic E-state index is 0.675. The molecule has 200 valence electrons. The molecule has 0 radical (unpaired) electrons. The third-order valence-electron chi connectivity index (χ3n) is 8.24. The van der Waals surface area contributed by atoms with Crippen LogP contribution >= 0.6 is 0 Å². The van der Waals surface area contributed by atoms with Crippen LogP contribution in [0.2, 0.25) is 0 Å². The quantitative estimate of drug-likeness (QED) is 0.206. The van der Waals surface area contributed by atoms with Crippen LogP contribution in [0.5, 0.6) is 0 Å². The van der Waals surface area contributed by atoms with Crippen molar-refractivity contribution in [3.05, 3.63) is 134 Å². The maximum Gasteiger partial charge on any atom is 0.159 e. The van der Waals surface area contributed by atoms with Gasteiger partial charge in [0.15, 0.2) is 5.82 Å². The van der Waals surface area contributed by atoms with E-state index in [1.807, 2.05) is 24.4 Å². The summed E-state index contributed by atoms with van der Waals surface area (Å²) in [5.41, 5.74) is 7.96. The van der Waals surface area contributed by atoms with Crippen molar-refractivity contribution in [1.82, 2.24) is 29.5 Å². The molecule has 4 heterocycles. The Bertz CT molecular complexity index is 2480. The van der Waals surface area contributed by atoms with Crippen molar-refractivity contribution in [3.8, 4) is 28.3 Å². The first-order valence-electron chi connectivity index (χ1n) is 14.2. The summed E-state index contributed by atoms with van der Waals surface area (Å²) in [4.78, 5) is 23.3. The van der Waals surface area contributed by atoms with E-state index in [-0.39, 0.29) is 0 Å². The van der Waals surface area contributed by atoms with Crippen molar-refractivity contribution >= 4 is 54.4 Å². The average molecular weight is 551 g/mol. The second kappa shape index (κ2) is 9.26. The van der Waals surface area contributed by atoms with E-state index in [0.29, 0.717) is 5.82 Å². The first kappa shape index (κ1) is 23.7. The monoisotopic (exact) mass is 550 g/mol. The standard InChI is InChI=1S/C37H22N6/c1-2-10-28-27(9-1)33-30(35-34(28)39-20-21-40-35)13-12-29-26-8-3-4-11-32(26)43(36(29)33)25-7-5-6-24(22-25)37-41-19-16-31(42-37)23-14-17-38-18-15-23/h1-22H. The third-order valence-corrected chi connectivity index (χ3v) is 8.24. The van der Waals surface area contributed by atoms with Gasteiger partial charge in [-0.15, -0.1) is 0 Å². The molecule has 0 spiro atoms. The van der Waals surface area contributed by atoms with Crippen molar-refractivity contribution in [2.45, 2.75) is 0 Å². The Morgan fingerprint density at radius 3 is 2.09 bits per heavy atom. The molecule has 5 aromatic carbocycles. The van der Waals surface area contributed by atoms with E-state index < -0.39 is 0 Å². The van der Waals surface area contributed by atoms with Gasteiger partial charge in [-0.3, -0.25) is 15.0 Å². The maximum absolute atomic E-state index is 4.92. The first-order valence-corrected chi connectivity index (χ1v) is 14.2. The lowest BCUT2D eigenvalue weighted by atomic mass is 9.97. The van der Waals surface area contributed by atoms with Gasteiger partial charge in [-0.25, -0.2) is 9.97 Å². The van der Waals surface area contributed by atoms with E-state index in [4.69, 9.17) is 15.0 Å². The predicted molar refractivity (Wildman–Crippen MR) is 173 cm³/mol. The number of nitrogens with zero attached hydrogens (tertiary/aromatic N) is 6. The highest BCUT2D eigenvalue weighted by Gasteiger charge is 2.19. The van der Waals surface area contributed by atoms with Gasteiger partial charge in [-0.05, 0) is 41.8 Å². The zero-order valence-electron chi connectivity index (χ0n) is 22.9. The highest BCUT2D eigenvalue weighted by atomic mass is 15.0. The third kappa shape index (κ3) is 3.57. The molecule has 9 rings (SSSR count). The van der Waals surface area contributed by atoms with E-state index in [1.54, 1.807) is 24.8 Å². The van der Waals surface area contributed by atoms with Crippen LogP contribution in [0.15, 0.2) is 134 Å². The van der Waals surface area contributed by atoms with Gasteiger partial charge in [-0.1, -0.05) is 66.7 Å². The molecule has 4 aromatic heterocycles. The average Bonchev–Trinajstić information content (AvgIpc) is 3.43. The largest absolute Gasteiger partial charge is 0.309 e. The number of benzene rings is 5. The van der Waals surface area contributed by atoms with Gasteiger partial charge in [-0.2, -0.15) is 0 Å². The summed E-state index contributed by atoms with van der Waals surface area (Å²) in [5, 5.41) is 6.89. The summed E-state index contributed by atoms with van der Waals surface area (Å²) in [7, 11) is 0. The fourth-order valence-electron chi connectivity index (χ4n) is 6.40. The van der Waals surface area contributed by atoms with Crippen LogP contribution in [-0.2, 0) is 0 Å². The zero-order valence-corrected chi connectivity index (χ0v) is 22.9. The smallest absolute Gasteiger partial charge is 0.159 e. The highest BCUT2D eigenvalue weighted by molar-refractivity contribution is 6.32. The van der Waals surface area contributed by atoms with Crippen molar-refractivity contribution < 1.29 is 0 Å². The molecular weight excluding hydrogens is 528 g/mol. The molecule has 0 atom stereocenters. The Morgan fingerprint density at radius 2 is 1.23 bits per heavy atom.